The predicted molar refractivity (Wildman–Crippen MR) is 220 cm³/mol. The van der Waals surface area contributed by atoms with Crippen LogP contribution in [-0.4, -0.2) is 60.5 Å². The van der Waals surface area contributed by atoms with Crippen LogP contribution >= 0.6 is 11.3 Å². The van der Waals surface area contributed by atoms with E-state index in [1.54, 1.807) is 43.4 Å². The van der Waals surface area contributed by atoms with Crippen molar-refractivity contribution in [1.29, 1.82) is 0 Å². The number of rotatable bonds is 13. The molecule has 2 amide bonds. The molecular weight excluding hydrogens is 760 g/mol. The summed E-state index contributed by atoms with van der Waals surface area (Å²) in [7, 11) is 3.21. The van der Waals surface area contributed by atoms with Gasteiger partial charge in [0.05, 0.1) is 30.8 Å². The van der Waals surface area contributed by atoms with Gasteiger partial charge >= 0.3 is 6.18 Å². The molecule has 0 bridgehead atoms. The van der Waals surface area contributed by atoms with Crippen LogP contribution in [0.5, 0.6) is 11.5 Å². The maximum atomic E-state index is 14.7. The van der Waals surface area contributed by atoms with Crippen LogP contribution < -0.4 is 9.47 Å². The first-order chi connectivity index (χ1) is 28.1. The van der Waals surface area contributed by atoms with Crippen LogP contribution in [0.25, 0.3) is 11.1 Å². The number of likely N-dealkylation sites (tertiary alicyclic amines) is 1. The monoisotopic (exact) mass is 803 g/mol. The lowest BCUT2D eigenvalue weighted by molar-refractivity contribution is -0.137. The molecule has 1 saturated heterocycles. The summed E-state index contributed by atoms with van der Waals surface area (Å²) < 4.78 is 50.7. The first-order valence-electron chi connectivity index (χ1n) is 19.2. The Bertz CT molecular complexity index is 2310. The summed E-state index contributed by atoms with van der Waals surface area (Å²) in [6, 6.07) is 37.7. The minimum atomic E-state index is -4.44. The molecule has 1 aromatic heterocycles. The van der Waals surface area contributed by atoms with Crippen molar-refractivity contribution >= 4 is 23.2 Å². The fourth-order valence-electron chi connectivity index (χ4n) is 7.59. The molecule has 298 valence electrons. The summed E-state index contributed by atoms with van der Waals surface area (Å²) >= 11 is 1.47. The van der Waals surface area contributed by atoms with Crippen molar-refractivity contribution in [3.8, 4) is 22.6 Å². The lowest BCUT2D eigenvalue weighted by Gasteiger charge is -2.33. The fraction of sp³-hybridized carbons (Fsp3) is 0.255. The van der Waals surface area contributed by atoms with Crippen LogP contribution in [0, 0.1) is 0 Å². The smallest absolute Gasteiger partial charge is 0.416 e. The number of hydrogen-bond donors (Lipinski definition) is 0. The van der Waals surface area contributed by atoms with Gasteiger partial charge in [0.1, 0.15) is 5.69 Å². The van der Waals surface area contributed by atoms with Crippen molar-refractivity contribution in [3.05, 3.63) is 171 Å². The number of carbonyl (C=O) groups is 2. The lowest BCUT2D eigenvalue weighted by atomic mass is 9.94. The topological polar surface area (TPSA) is 72.0 Å². The van der Waals surface area contributed by atoms with Crippen molar-refractivity contribution in [3.63, 3.8) is 0 Å². The van der Waals surface area contributed by atoms with E-state index in [4.69, 9.17) is 14.5 Å². The van der Waals surface area contributed by atoms with Gasteiger partial charge in [-0.15, -0.1) is 11.3 Å². The first kappa shape index (κ1) is 40.3. The van der Waals surface area contributed by atoms with Crippen LogP contribution in [0.15, 0.2) is 133 Å². The SMILES string of the molecule is COc1ccc(CCN(C(=O)c2csc(C3CCN(C(=O)c4ccccc4-c4ccc(C(F)(F)F)cc4)CC3)n2)C(Cc2ccccc2)c2ccccc2)cc1OC. The summed E-state index contributed by atoms with van der Waals surface area (Å²) in [6.45, 7) is 1.40. The number of methoxy groups -OCH3 is 2. The third-order valence-corrected chi connectivity index (χ3v) is 11.7. The second-order valence-electron chi connectivity index (χ2n) is 14.3. The predicted octanol–water partition coefficient (Wildman–Crippen LogP) is 10.5. The molecule has 1 atom stereocenters. The average molecular weight is 804 g/mol. The van der Waals surface area contributed by atoms with E-state index in [1.807, 2.05) is 64.9 Å². The van der Waals surface area contributed by atoms with Crippen molar-refractivity contribution < 1.29 is 32.2 Å². The summed E-state index contributed by atoms with van der Waals surface area (Å²) in [5.41, 5.74) is 4.38. The number of ether oxygens (including phenoxy) is 2. The Hall–Kier alpha value is -5.94. The molecule has 7 nitrogen and oxygen atoms in total. The zero-order chi connectivity index (χ0) is 40.6. The van der Waals surface area contributed by atoms with Gasteiger partial charge in [0.25, 0.3) is 11.8 Å². The molecule has 6 aromatic rings. The number of aromatic nitrogens is 1. The molecule has 0 spiro atoms. The van der Waals surface area contributed by atoms with Gasteiger partial charge < -0.3 is 19.3 Å². The molecule has 1 aliphatic rings. The Morgan fingerprint density at radius 2 is 1.47 bits per heavy atom. The first-order valence-corrected chi connectivity index (χ1v) is 20.1. The molecule has 0 aliphatic carbocycles. The quantitative estimate of drug-likeness (QED) is 0.116. The third-order valence-electron chi connectivity index (χ3n) is 10.7. The van der Waals surface area contributed by atoms with Crippen molar-refractivity contribution in [2.75, 3.05) is 33.9 Å². The highest BCUT2D eigenvalue weighted by atomic mass is 32.1. The van der Waals surface area contributed by atoms with Gasteiger partial charge in [-0.2, -0.15) is 13.2 Å². The molecule has 11 heteroatoms. The molecule has 0 N–H and O–H groups in total. The molecule has 2 heterocycles. The van der Waals surface area contributed by atoms with Crippen LogP contribution in [0.3, 0.4) is 0 Å². The number of hydrogen-bond acceptors (Lipinski definition) is 6. The highest BCUT2D eigenvalue weighted by molar-refractivity contribution is 7.09. The average Bonchev–Trinajstić information content (AvgIpc) is 3.77. The standard InChI is InChI=1S/C47H44F3N3O4S/c1-56-42-22-17-33(30-43(42)57-2)23-28-53(41(35-13-7-4-8-14-35)29-32-11-5-3-6-12-32)46(55)40-31-58-44(51-40)36-24-26-52(27-25-36)45(54)39-16-10-9-15-38(39)34-18-20-37(21-19-34)47(48,49)50/h3-22,30-31,36,41H,23-29H2,1-2H3. The van der Waals surface area contributed by atoms with Gasteiger partial charge in [0.15, 0.2) is 11.5 Å². The van der Waals surface area contributed by atoms with Gasteiger partial charge in [-0.25, -0.2) is 4.98 Å². The zero-order valence-corrected chi connectivity index (χ0v) is 33.1. The number of alkyl halides is 3. The van der Waals surface area contributed by atoms with Gasteiger partial charge in [0.2, 0.25) is 0 Å². The van der Waals surface area contributed by atoms with E-state index in [9.17, 15) is 22.8 Å². The maximum absolute atomic E-state index is 14.7. The number of halogens is 3. The van der Waals surface area contributed by atoms with Crippen molar-refractivity contribution in [1.82, 2.24) is 14.8 Å². The lowest BCUT2D eigenvalue weighted by Crippen LogP contribution is -2.38. The van der Waals surface area contributed by atoms with Crippen LogP contribution in [-0.2, 0) is 19.0 Å². The van der Waals surface area contributed by atoms with Gasteiger partial charge in [-0.3, -0.25) is 9.59 Å². The number of nitrogens with zero attached hydrogens (tertiary/aromatic N) is 3. The highest BCUT2D eigenvalue weighted by Crippen LogP contribution is 2.36. The van der Waals surface area contributed by atoms with E-state index in [1.165, 1.54) is 23.5 Å². The third kappa shape index (κ3) is 9.26. The number of thiazole rings is 1. The Morgan fingerprint density at radius 1 is 0.810 bits per heavy atom. The number of amides is 2. The summed E-state index contributed by atoms with van der Waals surface area (Å²) in [5.74, 6) is 1.01. The van der Waals surface area contributed by atoms with E-state index in [0.717, 1.165) is 33.8 Å². The minimum Gasteiger partial charge on any atom is -0.493 e. The maximum Gasteiger partial charge on any atom is 0.416 e. The van der Waals surface area contributed by atoms with E-state index < -0.39 is 11.7 Å². The summed E-state index contributed by atoms with van der Waals surface area (Å²) in [5, 5.41) is 2.71. The van der Waals surface area contributed by atoms with Crippen molar-refractivity contribution in [2.45, 2.75) is 43.8 Å². The Kier molecular flexibility index (Phi) is 12.6. The molecule has 1 fully saturated rings. The summed E-state index contributed by atoms with van der Waals surface area (Å²) in [4.78, 5) is 37.3. The van der Waals surface area contributed by atoms with E-state index >= 15 is 0 Å². The largest absolute Gasteiger partial charge is 0.493 e. The number of benzene rings is 5. The molecule has 0 radical (unpaired) electrons. The Morgan fingerprint density at radius 3 is 2.14 bits per heavy atom. The molecular formula is C47H44F3N3O4S. The Balaban J connectivity index is 1.09. The highest BCUT2D eigenvalue weighted by Gasteiger charge is 2.32. The minimum absolute atomic E-state index is 0.0650. The normalized spacial score (nSPS) is 13.8. The molecule has 58 heavy (non-hydrogen) atoms. The Labute approximate surface area is 340 Å². The van der Waals surface area contributed by atoms with E-state index in [-0.39, 0.29) is 23.8 Å². The summed E-state index contributed by atoms with van der Waals surface area (Å²) in [6.07, 6.45) is -1.91. The van der Waals surface area contributed by atoms with Crippen LogP contribution in [0.2, 0.25) is 0 Å². The van der Waals surface area contributed by atoms with Gasteiger partial charge in [0, 0.05) is 36.5 Å². The van der Waals surface area contributed by atoms with Crippen LogP contribution in [0.1, 0.15) is 72.9 Å². The zero-order valence-electron chi connectivity index (χ0n) is 32.3. The van der Waals surface area contributed by atoms with Crippen LogP contribution in [0.4, 0.5) is 13.2 Å². The van der Waals surface area contributed by atoms with E-state index in [2.05, 4.69) is 24.3 Å². The van der Waals surface area contributed by atoms with E-state index in [0.29, 0.717) is 79.2 Å². The second kappa shape index (κ2) is 18.1. The number of carbonyl (C=O) groups excluding carboxylic acids is 2. The van der Waals surface area contributed by atoms with Crippen molar-refractivity contribution in [2.24, 2.45) is 0 Å². The molecule has 7 rings (SSSR count). The molecule has 1 aliphatic heterocycles. The molecule has 0 saturated carbocycles. The molecule has 1 unspecified atom stereocenters. The van der Waals surface area contributed by atoms with Gasteiger partial charge in [-0.1, -0.05) is 97.1 Å². The number of piperidine rings is 1. The van der Waals surface area contributed by atoms with Gasteiger partial charge in [-0.05, 0) is 83.8 Å². The second-order valence-corrected chi connectivity index (χ2v) is 15.2. The fourth-order valence-corrected chi connectivity index (χ4v) is 8.55. The molecule has 5 aromatic carbocycles.